The number of ether oxygens (including phenoxy) is 1. The third-order valence-corrected chi connectivity index (χ3v) is 1.59. The maximum Gasteiger partial charge on any atom is 0.0721 e. The number of benzene rings is 1. The van der Waals surface area contributed by atoms with Gasteiger partial charge in [-0.25, -0.2) is 0 Å². The summed E-state index contributed by atoms with van der Waals surface area (Å²) >= 11 is 0. The van der Waals surface area contributed by atoms with Gasteiger partial charge in [0.2, 0.25) is 0 Å². The third-order valence-electron chi connectivity index (χ3n) is 1.59. The van der Waals surface area contributed by atoms with E-state index >= 15 is 0 Å². The van der Waals surface area contributed by atoms with E-state index in [0.717, 1.165) is 5.56 Å². The molecule has 0 amide bonds. The zero-order chi connectivity index (χ0) is 8.81. The summed E-state index contributed by atoms with van der Waals surface area (Å²) in [7, 11) is 0. The molecule has 0 heterocycles. The minimum Gasteiger partial charge on any atom is -0.372 e. The molecule has 0 spiro atoms. The van der Waals surface area contributed by atoms with Gasteiger partial charge in [0.1, 0.15) is 0 Å². The normalized spacial score (nSPS) is 12.8. The quantitative estimate of drug-likeness (QED) is 0.729. The summed E-state index contributed by atoms with van der Waals surface area (Å²) in [5, 5.41) is 0. The van der Waals surface area contributed by atoms with Crippen LogP contribution >= 0.6 is 0 Å². The van der Waals surface area contributed by atoms with Crippen molar-refractivity contribution in [3.63, 3.8) is 0 Å². The van der Waals surface area contributed by atoms with Crippen LogP contribution in [0.1, 0.15) is 5.56 Å². The largest absolute Gasteiger partial charge is 0.372 e. The van der Waals surface area contributed by atoms with Crippen molar-refractivity contribution >= 4 is 0 Å². The first-order valence-electron chi connectivity index (χ1n) is 4.01. The van der Waals surface area contributed by atoms with E-state index in [4.69, 9.17) is 10.5 Å². The highest BCUT2D eigenvalue weighted by atomic mass is 16.5. The molecule has 1 aromatic carbocycles. The Bertz CT molecular complexity index is 210. The van der Waals surface area contributed by atoms with Crippen LogP contribution in [0.2, 0.25) is 0 Å². The minimum atomic E-state index is -0.106. The predicted molar refractivity (Wildman–Crippen MR) is 49.4 cm³/mol. The smallest absolute Gasteiger partial charge is 0.0721 e. The summed E-state index contributed by atoms with van der Waals surface area (Å²) in [5.41, 5.74) is 6.50. The van der Waals surface area contributed by atoms with Gasteiger partial charge in [-0.05, 0) is 12.5 Å². The molecule has 0 saturated heterocycles. The van der Waals surface area contributed by atoms with Gasteiger partial charge in [-0.1, -0.05) is 30.3 Å². The zero-order valence-corrected chi connectivity index (χ0v) is 7.07. The summed E-state index contributed by atoms with van der Waals surface area (Å²) in [6, 6.07) is 9.99. The van der Waals surface area contributed by atoms with Gasteiger partial charge in [-0.15, -0.1) is 0 Å². The SMILES string of the molecule is [CH2][C@@H](CN)OCc1ccccc1. The second-order valence-electron chi connectivity index (χ2n) is 2.65. The van der Waals surface area contributed by atoms with Crippen LogP contribution in [0, 0.1) is 6.92 Å². The number of hydrogen-bond donors (Lipinski definition) is 1. The van der Waals surface area contributed by atoms with E-state index in [9.17, 15) is 0 Å². The van der Waals surface area contributed by atoms with Gasteiger partial charge in [0, 0.05) is 6.54 Å². The Morgan fingerprint density at radius 3 is 2.58 bits per heavy atom. The van der Waals surface area contributed by atoms with E-state index in [-0.39, 0.29) is 6.10 Å². The van der Waals surface area contributed by atoms with Gasteiger partial charge in [-0.3, -0.25) is 0 Å². The van der Waals surface area contributed by atoms with Crippen LogP contribution in [0.3, 0.4) is 0 Å². The van der Waals surface area contributed by atoms with Crippen molar-refractivity contribution in [2.45, 2.75) is 12.7 Å². The Morgan fingerprint density at radius 2 is 2.00 bits per heavy atom. The van der Waals surface area contributed by atoms with E-state index in [1.165, 1.54) is 0 Å². The number of hydrogen-bond acceptors (Lipinski definition) is 2. The molecule has 0 aliphatic heterocycles. The van der Waals surface area contributed by atoms with Crippen molar-refractivity contribution in [1.82, 2.24) is 0 Å². The number of nitrogens with two attached hydrogens (primary N) is 1. The van der Waals surface area contributed by atoms with Crippen LogP contribution < -0.4 is 5.73 Å². The molecule has 1 radical (unpaired) electrons. The average Bonchev–Trinajstić information content (AvgIpc) is 2.16. The van der Waals surface area contributed by atoms with Crippen LogP contribution in [-0.4, -0.2) is 12.6 Å². The lowest BCUT2D eigenvalue weighted by molar-refractivity contribution is 0.0757. The van der Waals surface area contributed by atoms with Crippen LogP contribution in [0.4, 0.5) is 0 Å². The van der Waals surface area contributed by atoms with Crippen molar-refractivity contribution < 1.29 is 4.74 Å². The van der Waals surface area contributed by atoms with Gasteiger partial charge in [0.05, 0.1) is 12.7 Å². The molecule has 12 heavy (non-hydrogen) atoms. The number of rotatable bonds is 4. The molecule has 0 unspecified atom stereocenters. The molecule has 1 rings (SSSR count). The van der Waals surface area contributed by atoms with Gasteiger partial charge in [0.15, 0.2) is 0 Å². The maximum atomic E-state index is 5.35. The standard InChI is InChI=1S/C10H14NO/c1-9(7-11)12-8-10-5-3-2-4-6-10/h2-6,9H,1,7-8,11H2/t9-/m0/s1. The van der Waals surface area contributed by atoms with Gasteiger partial charge >= 0.3 is 0 Å². The molecular formula is C10H14NO. The molecule has 0 fully saturated rings. The van der Waals surface area contributed by atoms with Crippen molar-refractivity contribution in [2.75, 3.05) is 6.54 Å². The molecule has 1 atom stereocenters. The van der Waals surface area contributed by atoms with Gasteiger partial charge in [-0.2, -0.15) is 0 Å². The molecule has 0 aromatic heterocycles. The summed E-state index contributed by atoms with van der Waals surface area (Å²) in [6.45, 7) is 4.78. The van der Waals surface area contributed by atoms with Gasteiger partial charge in [0.25, 0.3) is 0 Å². The van der Waals surface area contributed by atoms with E-state index in [1.807, 2.05) is 30.3 Å². The second-order valence-corrected chi connectivity index (χ2v) is 2.65. The zero-order valence-electron chi connectivity index (χ0n) is 7.07. The molecule has 0 aliphatic rings. The lowest BCUT2D eigenvalue weighted by atomic mass is 10.2. The average molecular weight is 164 g/mol. The van der Waals surface area contributed by atoms with Crippen molar-refractivity contribution in [3.8, 4) is 0 Å². The van der Waals surface area contributed by atoms with Crippen LogP contribution in [-0.2, 0) is 11.3 Å². The van der Waals surface area contributed by atoms with Gasteiger partial charge < -0.3 is 10.5 Å². The molecule has 0 saturated carbocycles. The molecule has 2 N–H and O–H groups in total. The van der Waals surface area contributed by atoms with E-state index in [0.29, 0.717) is 13.2 Å². The summed E-state index contributed by atoms with van der Waals surface area (Å²) < 4.78 is 5.34. The molecule has 0 aliphatic carbocycles. The monoisotopic (exact) mass is 164 g/mol. The highest BCUT2D eigenvalue weighted by Crippen LogP contribution is 2.01. The summed E-state index contributed by atoms with van der Waals surface area (Å²) in [4.78, 5) is 0. The Morgan fingerprint density at radius 1 is 1.33 bits per heavy atom. The Labute approximate surface area is 73.3 Å². The van der Waals surface area contributed by atoms with Crippen LogP contribution in [0.15, 0.2) is 30.3 Å². The van der Waals surface area contributed by atoms with Crippen molar-refractivity contribution in [1.29, 1.82) is 0 Å². The highest BCUT2D eigenvalue weighted by molar-refractivity contribution is 5.13. The molecule has 0 bridgehead atoms. The third kappa shape index (κ3) is 3.03. The van der Waals surface area contributed by atoms with Crippen molar-refractivity contribution in [2.24, 2.45) is 5.73 Å². The molecule has 65 valence electrons. The predicted octanol–water partition coefficient (Wildman–Crippen LogP) is 1.36. The molecule has 2 heteroatoms. The highest BCUT2D eigenvalue weighted by Gasteiger charge is 1.98. The fourth-order valence-corrected chi connectivity index (χ4v) is 0.856. The summed E-state index contributed by atoms with van der Waals surface area (Å²) in [6.07, 6.45) is -0.106. The Balaban J connectivity index is 2.33. The fraction of sp³-hybridized carbons (Fsp3) is 0.300. The van der Waals surface area contributed by atoms with E-state index < -0.39 is 0 Å². The first-order valence-corrected chi connectivity index (χ1v) is 4.01. The summed E-state index contributed by atoms with van der Waals surface area (Å²) in [5.74, 6) is 0. The lowest BCUT2D eigenvalue weighted by Gasteiger charge is -2.09. The van der Waals surface area contributed by atoms with E-state index in [1.54, 1.807) is 0 Å². The molecule has 2 nitrogen and oxygen atoms in total. The Hall–Kier alpha value is -0.860. The van der Waals surface area contributed by atoms with Crippen molar-refractivity contribution in [3.05, 3.63) is 42.8 Å². The fourth-order valence-electron chi connectivity index (χ4n) is 0.856. The molecular weight excluding hydrogens is 150 g/mol. The van der Waals surface area contributed by atoms with E-state index in [2.05, 4.69) is 6.92 Å². The van der Waals surface area contributed by atoms with Crippen LogP contribution in [0.5, 0.6) is 0 Å². The first-order chi connectivity index (χ1) is 5.83. The second kappa shape index (κ2) is 4.91. The first kappa shape index (κ1) is 9.23. The minimum absolute atomic E-state index is 0.106. The van der Waals surface area contributed by atoms with Crippen LogP contribution in [0.25, 0.3) is 0 Å². The maximum absolute atomic E-state index is 5.35. The lowest BCUT2D eigenvalue weighted by Crippen LogP contribution is -2.19. The topological polar surface area (TPSA) is 35.2 Å². The molecule has 1 aromatic rings. The Kier molecular flexibility index (Phi) is 3.77.